The molecule has 3 heterocycles. The summed E-state index contributed by atoms with van der Waals surface area (Å²) in [5.41, 5.74) is 0.906. The van der Waals surface area contributed by atoms with Gasteiger partial charge in [0.05, 0.1) is 11.7 Å². The maximum Gasteiger partial charge on any atom is 0.244 e. The summed E-state index contributed by atoms with van der Waals surface area (Å²) in [6.07, 6.45) is 5.41. The summed E-state index contributed by atoms with van der Waals surface area (Å²) in [5.74, 6) is 1.58. The first-order chi connectivity index (χ1) is 10.7. The summed E-state index contributed by atoms with van der Waals surface area (Å²) in [5, 5.41) is 7.14. The Hall–Kier alpha value is -2.44. The number of aromatic nitrogens is 4. The fourth-order valence-corrected chi connectivity index (χ4v) is 2.89. The van der Waals surface area contributed by atoms with Gasteiger partial charge in [-0.2, -0.15) is 5.10 Å². The van der Waals surface area contributed by atoms with Gasteiger partial charge in [-0.25, -0.2) is 9.97 Å². The highest BCUT2D eigenvalue weighted by Crippen LogP contribution is 2.31. The van der Waals surface area contributed by atoms with Crippen LogP contribution in [0.1, 0.15) is 30.4 Å². The lowest BCUT2D eigenvalue weighted by Crippen LogP contribution is -2.34. The summed E-state index contributed by atoms with van der Waals surface area (Å²) in [4.78, 5) is 23.3. The Kier molecular flexibility index (Phi) is 4.04. The van der Waals surface area contributed by atoms with Crippen LogP contribution in [0.4, 0.5) is 5.82 Å². The summed E-state index contributed by atoms with van der Waals surface area (Å²) in [7, 11) is 1.83. The van der Waals surface area contributed by atoms with Crippen molar-refractivity contribution < 1.29 is 4.79 Å². The van der Waals surface area contributed by atoms with Gasteiger partial charge < -0.3 is 10.2 Å². The third kappa shape index (κ3) is 2.93. The van der Waals surface area contributed by atoms with Gasteiger partial charge in [0, 0.05) is 32.1 Å². The van der Waals surface area contributed by atoms with E-state index in [-0.39, 0.29) is 18.5 Å². The first-order valence-corrected chi connectivity index (χ1v) is 7.47. The molecule has 1 atom stereocenters. The van der Waals surface area contributed by atoms with Gasteiger partial charge in [0.15, 0.2) is 0 Å². The van der Waals surface area contributed by atoms with Gasteiger partial charge in [0.2, 0.25) is 5.91 Å². The molecule has 116 valence electrons. The molecule has 7 nitrogen and oxygen atoms in total. The fourth-order valence-electron chi connectivity index (χ4n) is 2.89. The van der Waals surface area contributed by atoms with E-state index in [1.54, 1.807) is 17.1 Å². The third-order valence-electron chi connectivity index (χ3n) is 3.88. The number of carbonyl (C=O) groups excluding carboxylic acids is 1. The molecule has 0 aliphatic carbocycles. The highest BCUT2D eigenvalue weighted by molar-refractivity contribution is 5.76. The molecule has 1 aliphatic heterocycles. The molecule has 2 aromatic heterocycles. The number of rotatable bonds is 4. The van der Waals surface area contributed by atoms with Crippen LogP contribution in [0, 0.1) is 6.92 Å². The van der Waals surface area contributed by atoms with Crippen LogP contribution in [0.2, 0.25) is 0 Å². The summed E-state index contributed by atoms with van der Waals surface area (Å²) < 4.78 is 1.65. The quantitative estimate of drug-likeness (QED) is 0.923. The topological polar surface area (TPSA) is 75.9 Å². The van der Waals surface area contributed by atoms with Crippen LogP contribution in [0.3, 0.4) is 0 Å². The molecule has 0 spiro atoms. The van der Waals surface area contributed by atoms with E-state index in [4.69, 9.17) is 0 Å². The zero-order chi connectivity index (χ0) is 15.5. The molecular weight excluding hydrogens is 280 g/mol. The highest BCUT2D eigenvalue weighted by atomic mass is 16.2. The van der Waals surface area contributed by atoms with Crippen molar-refractivity contribution in [2.45, 2.75) is 32.4 Å². The molecule has 22 heavy (non-hydrogen) atoms. The van der Waals surface area contributed by atoms with E-state index in [0.29, 0.717) is 5.82 Å². The van der Waals surface area contributed by atoms with Crippen molar-refractivity contribution in [2.24, 2.45) is 0 Å². The lowest BCUT2D eigenvalue weighted by molar-refractivity contribution is -0.133. The Balaban J connectivity index is 1.80. The first kappa shape index (κ1) is 14.5. The second kappa shape index (κ2) is 6.13. The number of carbonyl (C=O) groups is 1. The van der Waals surface area contributed by atoms with Crippen molar-refractivity contribution in [3.8, 4) is 0 Å². The minimum absolute atomic E-state index is 0.0249. The standard InChI is InChI=1S/C15H20N6O/c1-11-18-12(9-14(16-2)19-11)13-5-3-8-21(13)15(22)10-20-7-4-6-17-20/h4,6-7,9,13H,3,5,8,10H2,1-2H3,(H,16,18,19)/t13-/m1/s1. The molecule has 1 amide bonds. The second-order valence-corrected chi connectivity index (χ2v) is 5.42. The van der Waals surface area contributed by atoms with Crippen molar-refractivity contribution in [1.29, 1.82) is 0 Å². The average molecular weight is 300 g/mol. The number of amides is 1. The van der Waals surface area contributed by atoms with E-state index in [1.165, 1.54) is 0 Å². The predicted octanol–water partition coefficient (Wildman–Crippen LogP) is 1.39. The molecule has 0 radical (unpaired) electrons. The van der Waals surface area contributed by atoms with E-state index in [1.807, 2.05) is 31.0 Å². The SMILES string of the molecule is CNc1cc([C@H]2CCCN2C(=O)Cn2cccn2)nc(C)n1. The van der Waals surface area contributed by atoms with Crippen molar-refractivity contribution in [3.05, 3.63) is 36.0 Å². The van der Waals surface area contributed by atoms with Gasteiger partial charge in [0.25, 0.3) is 0 Å². The molecule has 0 unspecified atom stereocenters. The molecule has 1 saturated heterocycles. The molecule has 2 aromatic rings. The van der Waals surface area contributed by atoms with Crippen molar-refractivity contribution in [1.82, 2.24) is 24.6 Å². The number of hydrogen-bond acceptors (Lipinski definition) is 5. The Morgan fingerprint density at radius 3 is 3.05 bits per heavy atom. The van der Waals surface area contributed by atoms with Crippen LogP contribution in [0.5, 0.6) is 0 Å². The van der Waals surface area contributed by atoms with Crippen molar-refractivity contribution >= 4 is 11.7 Å². The van der Waals surface area contributed by atoms with E-state index < -0.39 is 0 Å². The molecule has 3 rings (SSSR count). The summed E-state index contributed by atoms with van der Waals surface area (Å²) in [6.45, 7) is 2.91. The minimum atomic E-state index is 0.0249. The molecule has 1 N–H and O–H groups in total. The molecule has 0 bridgehead atoms. The normalized spacial score (nSPS) is 17.7. The molecule has 1 aliphatic rings. The van der Waals surface area contributed by atoms with E-state index in [2.05, 4.69) is 20.4 Å². The average Bonchev–Trinajstić information content (AvgIpc) is 3.17. The van der Waals surface area contributed by atoms with Crippen LogP contribution in [-0.4, -0.2) is 44.1 Å². The third-order valence-corrected chi connectivity index (χ3v) is 3.88. The number of likely N-dealkylation sites (tertiary alicyclic amines) is 1. The van der Waals surface area contributed by atoms with Crippen LogP contribution in [0.25, 0.3) is 0 Å². The molecule has 1 fully saturated rings. The van der Waals surface area contributed by atoms with Gasteiger partial charge in [-0.1, -0.05) is 0 Å². The highest BCUT2D eigenvalue weighted by Gasteiger charge is 2.31. The molecule has 7 heteroatoms. The van der Waals surface area contributed by atoms with Crippen molar-refractivity contribution in [3.63, 3.8) is 0 Å². The lowest BCUT2D eigenvalue weighted by atomic mass is 10.1. The zero-order valence-electron chi connectivity index (χ0n) is 12.9. The first-order valence-electron chi connectivity index (χ1n) is 7.47. The lowest BCUT2D eigenvalue weighted by Gasteiger charge is -2.24. The largest absolute Gasteiger partial charge is 0.373 e. The smallest absolute Gasteiger partial charge is 0.244 e. The monoisotopic (exact) mass is 300 g/mol. The summed E-state index contributed by atoms with van der Waals surface area (Å²) in [6, 6.07) is 3.77. The van der Waals surface area contributed by atoms with Gasteiger partial charge in [0.1, 0.15) is 18.2 Å². The van der Waals surface area contributed by atoms with Gasteiger partial charge >= 0.3 is 0 Å². The zero-order valence-corrected chi connectivity index (χ0v) is 12.9. The number of aryl methyl sites for hydroxylation is 1. The molecule has 0 saturated carbocycles. The maximum absolute atomic E-state index is 12.5. The van der Waals surface area contributed by atoms with E-state index >= 15 is 0 Å². The number of anilines is 1. The fraction of sp³-hybridized carbons (Fsp3) is 0.467. The Morgan fingerprint density at radius 1 is 1.45 bits per heavy atom. The summed E-state index contributed by atoms with van der Waals surface area (Å²) >= 11 is 0. The van der Waals surface area contributed by atoms with Crippen LogP contribution < -0.4 is 5.32 Å². The van der Waals surface area contributed by atoms with Crippen LogP contribution in [-0.2, 0) is 11.3 Å². The molecular formula is C15H20N6O. The van der Waals surface area contributed by atoms with E-state index in [0.717, 1.165) is 30.9 Å². The Labute approximate surface area is 129 Å². The number of hydrogen-bond donors (Lipinski definition) is 1. The van der Waals surface area contributed by atoms with E-state index in [9.17, 15) is 4.79 Å². The second-order valence-electron chi connectivity index (χ2n) is 5.42. The number of nitrogens with one attached hydrogen (secondary N) is 1. The Bertz CT molecular complexity index is 654. The van der Waals surface area contributed by atoms with Gasteiger partial charge in [-0.3, -0.25) is 9.48 Å². The molecule has 0 aromatic carbocycles. The van der Waals surface area contributed by atoms with Crippen LogP contribution >= 0.6 is 0 Å². The maximum atomic E-state index is 12.5. The Morgan fingerprint density at radius 2 is 2.32 bits per heavy atom. The van der Waals surface area contributed by atoms with Gasteiger partial charge in [-0.05, 0) is 25.8 Å². The van der Waals surface area contributed by atoms with Crippen LogP contribution in [0.15, 0.2) is 24.5 Å². The minimum Gasteiger partial charge on any atom is -0.373 e. The van der Waals surface area contributed by atoms with Gasteiger partial charge in [-0.15, -0.1) is 0 Å². The predicted molar refractivity (Wildman–Crippen MR) is 82.2 cm³/mol. The number of nitrogens with zero attached hydrogens (tertiary/aromatic N) is 5. The van der Waals surface area contributed by atoms with Crippen molar-refractivity contribution in [2.75, 3.05) is 18.9 Å².